The van der Waals surface area contributed by atoms with Gasteiger partial charge in [-0.05, 0) is 48.5 Å². The van der Waals surface area contributed by atoms with Crippen molar-refractivity contribution in [1.82, 2.24) is 24.6 Å². The molecule has 0 aliphatic heterocycles. The van der Waals surface area contributed by atoms with Gasteiger partial charge in [0.05, 0.1) is 44.2 Å². The summed E-state index contributed by atoms with van der Waals surface area (Å²) in [5, 5.41) is 2.77. The van der Waals surface area contributed by atoms with E-state index in [1.807, 2.05) is 0 Å². The molecule has 13 nitrogen and oxygen atoms in total. The van der Waals surface area contributed by atoms with Crippen molar-refractivity contribution in [2.45, 2.75) is 85.3 Å². The Morgan fingerprint density at radius 3 is 2.42 bits per heavy atom. The molecule has 0 saturated heterocycles. The van der Waals surface area contributed by atoms with Crippen molar-refractivity contribution in [3.8, 4) is 0 Å². The summed E-state index contributed by atoms with van der Waals surface area (Å²) in [6.07, 6.45) is 1.34. The number of nitrogen functional groups attached to an aromatic ring is 1. The van der Waals surface area contributed by atoms with Crippen LogP contribution in [0.3, 0.4) is 0 Å². The Bertz CT molecular complexity index is 1090. The van der Waals surface area contributed by atoms with Gasteiger partial charge in [-0.2, -0.15) is 0 Å². The summed E-state index contributed by atoms with van der Waals surface area (Å²) in [7, 11) is -3.78. The van der Waals surface area contributed by atoms with Gasteiger partial charge in [-0.1, -0.05) is 0 Å². The summed E-state index contributed by atoms with van der Waals surface area (Å²) in [5.41, 5.74) is 5.50. The normalized spacial score (nSPS) is 14.7. The lowest BCUT2D eigenvalue weighted by Crippen LogP contribution is -2.47. The van der Waals surface area contributed by atoms with Gasteiger partial charge < -0.3 is 29.0 Å². The lowest BCUT2D eigenvalue weighted by molar-refractivity contribution is -0.153. The summed E-state index contributed by atoms with van der Waals surface area (Å²) in [6, 6.07) is 0. The number of nitrogens with zero attached hydrogens (tertiary/aromatic N) is 4. The Morgan fingerprint density at radius 1 is 1.11 bits per heavy atom. The van der Waals surface area contributed by atoms with E-state index in [-0.39, 0.29) is 37.4 Å². The molecule has 0 saturated carbocycles. The minimum atomic E-state index is -3.78. The Kier molecular flexibility index (Phi) is 10.4. The Labute approximate surface area is 210 Å². The highest BCUT2D eigenvalue weighted by molar-refractivity contribution is 7.56. The number of hydrogen-bond acceptors (Lipinski definition) is 11. The van der Waals surface area contributed by atoms with Crippen molar-refractivity contribution < 1.29 is 32.9 Å². The van der Waals surface area contributed by atoms with Crippen LogP contribution in [-0.4, -0.2) is 68.3 Å². The molecule has 0 radical (unpaired) electrons. The predicted molar refractivity (Wildman–Crippen MR) is 133 cm³/mol. The number of ether oxygens (including phenoxy) is 3. The average molecular weight is 529 g/mol. The first-order chi connectivity index (χ1) is 16.7. The summed E-state index contributed by atoms with van der Waals surface area (Å²) >= 11 is 0. The highest BCUT2D eigenvalue weighted by atomic mass is 31.2. The van der Waals surface area contributed by atoms with Crippen LogP contribution in [0.4, 0.5) is 5.82 Å². The minimum absolute atomic E-state index is 0.113. The molecule has 2 aromatic rings. The molecule has 2 rings (SSSR count). The molecule has 0 bridgehead atoms. The van der Waals surface area contributed by atoms with E-state index in [1.54, 1.807) is 45.5 Å². The van der Waals surface area contributed by atoms with Gasteiger partial charge in [-0.25, -0.2) is 20.0 Å². The molecule has 36 heavy (non-hydrogen) atoms. The largest absolute Gasteiger partial charge is 0.463 e. The number of imidazole rings is 1. The van der Waals surface area contributed by atoms with Gasteiger partial charge in [-0.3, -0.25) is 14.2 Å². The molecule has 0 fully saturated rings. The molecule has 1 unspecified atom stereocenters. The Balaban J connectivity index is 2.09. The minimum Gasteiger partial charge on any atom is -0.463 e. The van der Waals surface area contributed by atoms with Crippen LogP contribution in [0.2, 0.25) is 0 Å². The number of carbonyl (C=O) groups excluding carboxylic acids is 2. The molecule has 0 aliphatic carbocycles. The maximum atomic E-state index is 13.7. The zero-order valence-corrected chi connectivity index (χ0v) is 22.8. The third-order valence-corrected chi connectivity index (χ3v) is 6.68. The molecule has 14 heteroatoms. The third-order valence-electron chi connectivity index (χ3n) is 4.69. The van der Waals surface area contributed by atoms with Crippen molar-refractivity contribution in [2.75, 3.05) is 18.7 Å². The van der Waals surface area contributed by atoms with E-state index in [4.69, 9.17) is 24.5 Å². The van der Waals surface area contributed by atoms with Gasteiger partial charge in [-0.15, -0.1) is 0 Å². The molecule has 2 atom stereocenters. The highest BCUT2D eigenvalue weighted by Gasteiger charge is 2.39. The van der Waals surface area contributed by atoms with Gasteiger partial charge in [0.2, 0.25) is 0 Å². The average Bonchev–Trinajstić information content (AvgIpc) is 3.15. The van der Waals surface area contributed by atoms with Crippen molar-refractivity contribution >= 4 is 36.4 Å². The van der Waals surface area contributed by atoms with Crippen LogP contribution in [0.25, 0.3) is 11.2 Å². The predicted octanol–water partition coefficient (Wildman–Crippen LogP) is 2.64. The number of hydrogen-bond donors (Lipinski definition) is 2. The topological polar surface area (TPSA) is 170 Å². The van der Waals surface area contributed by atoms with Crippen LogP contribution in [0.1, 0.15) is 54.9 Å². The molecular weight excluding hydrogens is 491 g/mol. The molecule has 202 valence electrons. The highest BCUT2D eigenvalue weighted by Crippen LogP contribution is 2.45. The second kappa shape index (κ2) is 12.6. The van der Waals surface area contributed by atoms with Crippen molar-refractivity contribution in [3.05, 3.63) is 12.7 Å². The number of fused-ring (bicyclic) bond motifs is 1. The molecular formula is C22H37N6O7P. The monoisotopic (exact) mass is 528 g/mol. The summed E-state index contributed by atoms with van der Waals surface area (Å²) in [4.78, 5) is 36.8. The van der Waals surface area contributed by atoms with E-state index < -0.39 is 31.1 Å². The standard InChI is InChI=1S/C22H37N6O7P/c1-14(2)34-17(29)8-9-33-36(31,27-22(6,7)21(30)35-15(3)4)13-32-16(5)10-28-12-26-18-19(23)24-11-25-20(18)28/h11-12,14-16H,8-10,13H2,1-7H3,(H,27,31)(H2,23,24,25)/t16-,36?/m0/s1. The first kappa shape index (κ1) is 29.6. The number of esters is 2. The number of rotatable bonds is 14. The number of carbonyl (C=O) groups is 2. The maximum Gasteiger partial charge on any atom is 0.326 e. The van der Waals surface area contributed by atoms with E-state index in [2.05, 4.69) is 20.0 Å². The van der Waals surface area contributed by atoms with Crippen LogP contribution in [0.5, 0.6) is 0 Å². The fourth-order valence-corrected chi connectivity index (χ4v) is 5.10. The van der Waals surface area contributed by atoms with E-state index in [1.165, 1.54) is 20.2 Å². The lowest BCUT2D eigenvalue weighted by Gasteiger charge is -2.31. The van der Waals surface area contributed by atoms with E-state index in [0.717, 1.165) is 0 Å². The van der Waals surface area contributed by atoms with Gasteiger partial charge in [0.15, 0.2) is 11.5 Å². The quantitative estimate of drug-likeness (QED) is 0.272. The lowest BCUT2D eigenvalue weighted by atomic mass is 10.1. The van der Waals surface area contributed by atoms with Gasteiger partial charge >= 0.3 is 11.9 Å². The van der Waals surface area contributed by atoms with E-state index in [0.29, 0.717) is 17.7 Å². The number of aromatic nitrogens is 4. The van der Waals surface area contributed by atoms with Crippen LogP contribution in [-0.2, 0) is 39.4 Å². The van der Waals surface area contributed by atoms with Crippen LogP contribution in [0.15, 0.2) is 12.7 Å². The van der Waals surface area contributed by atoms with Crippen LogP contribution in [0, 0.1) is 0 Å². The number of nitrogens with two attached hydrogens (primary N) is 1. The molecule has 0 aliphatic rings. The van der Waals surface area contributed by atoms with Gasteiger partial charge in [0.1, 0.15) is 23.7 Å². The summed E-state index contributed by atoms with van der Waals surface area (Å²) < 4.78 is 37.3. The molecule has 3 N–H and O–H groups in total. The van der Waals surface area contributed by atoms with Crippen LogP contribution >= 0.6 is 7.52 Å². The maximum absolute atomic E-state index is 13.7. The third kappa shape index (κ3) is 8.81. The Hall–Kier alpha value is -2.60. The first-order valence-electron chi connectivity index (χ1n) is 11.7. The van der Waals surface area contributed by atoms with E-state index in [9.17, 15) is 14.2 Å². The zero-order valence-electron chi connectivity index (χ0n) is 21.9. The smallest absolute Gasteiger partial charge is 0.326 e. The molecule has 0 aromatic carbocycles. The number of anilines is 1. The van der Waals surface area contributed by atoms with Gasteiger partial charge in [0, 0.05) is 0 Å². The van der Waals surface area contributed by atoms with Crippen LogP contribution < -0.4 is 10.8 Å². The van der Waals surface area contributed by atoms with E-state index >= 15 is 0 Å². The SMILES string of the molecule is CC(C)OC(=O)CCOP(=O)(CO[C@@H](C)Cn1cnc2c(N)ncnc21)NC(C)(C)C(=O)OC(C)C. The first-order valence-corrected chi connectivity index (χ1v) is 13.5. The van der Waals surface area contributed by atoms with Crippen molar-refractivity contribution in [2.24, 2.45) is 0 Å². The number of nitrogens with one attached hydrogen (secondary N) is 1. The van der Waals surface area contributed by atoms with Gasteiger partial charge in [0.25, 0.3) is 7.52 Å². The summed E-state index contributed by atoms with van der Waals surface area (Å²) in [6.45, 7) is 11.9. The fourth-order valence-electron chi connectivity index (χ4n) is 3.12. The van der Waals surface area contributed by atoms with Crippen molar-refractivity contribution in [1.29, 1.82) is 0 Å². The molecule has 0 amide bonds. The van der Waals surface area contributed by atoms with Crippen molar-refractivity contribution in [3.63, 3.8) is 0 Å². The molecule has 0 spiro atoms. The second-order valence-corrected chi connectivity index (χ2v) is 11.5. The Morgan fingerprint density at radius 2 is 1.78 bits per heavy atom. The second-order valence-electron chi connectivity index (χ2n) is 9.42. The molecule has 2 aromatic heterocycles. The zero-order chi connectivity index (χ0) is 27.1. The fraction of sp³-hybridized carbons (Fsp3) is 0.682. The molecule has 2 heterocycles. The summed E-state index contributed by atoms with van der Waals surface area (Å²) in [5.74, 6) is -0.825.